The Labute approximate surface area is 182 Å². The van der Waals surface area contributed by atoms with Gasteiger partial charge in [0.1, 0.15) is 5.75 Å². The van der Waals surface area contributed by atoms with Crippen molar-refractivity contribution in [3.05, 3.63) is 90.3 Å². The number of nitrogens with one attached hydrogen (secondary N) is 1. The topological polar surface area (TPSA) is 82.5 Å². The van der Waals surface area contributed by atoms with Crippen LogP contribution in [0.15, 0.2) is 79.0 Å². The first-order chi connectivity index (χ1) is 15.1. The average Bonchev–Trinajstić information content (AvgIpc) is 2.81. The van der Waals surface area contributed by atoms with E-state index in [1.807, 2.05) is 36.4 Å². The minimum Gasteiger partial charge on any atom is -0.506 e. The third-order valence-corrected chi connectivity index (χ3v) is 4.91. The Morgan fingerprint density at radius 3 is 2.35 bits per heavy atom. The lowest BCUT2D eigenvalue weighted by atomic mass is 10.1. The van der Waals surface area contributed by atoms with Crippen LogP contribution in [0, 0.1) is 0 Å². The Bertz CT molecular complexity index is 978. The van der Waals surface area contributed by atoms with Gasteiger partial charge in [0.05, 0.1) is 17.9 Å². The van der Waals surface area contributed by atoms with Crippen molar-refractivity contribution in [2.75, 3.05) is 11.4 Å². The molecule has 0 spiro atoms. The molecule has 0 radical (unpaired) electrons. The summed E-state index contributed by atoms with van der Waals surface area (Å²) in [6.07, 6.45) is 4.36. The quantitative estimate of drug-likeness (QED) is 0.482. The molecule has 160 valence electrons. The van der Waals surface area contributed by atoms with E-state index in [2.05, 4.69) is 10.3 Å². The minimum atomic E-state index is -0.0854. The largest absolute Gasteiger partial charge is 0.506 e. The van der Waals surface area contributed by atoms with Crippen LogP contribution in [0.1, 0.15) is 41.7 Å². The van der Waals surface area contributed by atoms with Gasteiger partial charge < -0.3 is 15.3 Å². The number of carbonyl (C=O) groups is 2. The second-order valence-electron chi connectivity index (χ2n) is 7.22. The van der Waals surface area contributed by atoms with Gasteiger partial charge in [0, 0.05) is 24.7 Å². The minimum absolute atomic E-state index is 0.0652. The highest BCUT2D eigenvalue weighted by Gasteiger charge is 2.19. The number of pyridine rings is 1. The van der Waals surface area contributed by atoms with Crippen molar-refractivity contribution >= 4 is 17.5 Å². The van der Waals surface area contributed by atoms with Crippen LogP contribution in [-0.2, 0) is 11.3 Å². The average molecular weight is 418 g/mol. The predicted octanol–water partition coefficient (Wildman–Crippen LogP) is 4.31. The number of anilines is 1. The van der Waals surface area contributed by atoms with Crippen LogP contribution < -0.4 is 10.2 Å². The van der Waals surface area contributed by atoms with E-state index in [0.29, 0.717) is 37.2 Å². The zero-order valence-corrected chi connectivity index (χ0v) is 17.4. The number of nitrogens with zero attached hydrogens (tertiary/aromatic N) is 2. The van der Waals surface area contributed by atoms with Gasteiger partial charge in [-0.05, 0) is 49.2 Å². The van der Waals surface area contributed by atoms with Crippen LogP contribution in [0.4, 0.5) is 5.69 Å². The molecule has 2 N–H and O–H groups in total. The SMILES string of the molecule is O=C(NCCCCCC(=O)N(Cc1ccccn1)c1ccccc1O)c1ccccc1. The molecule has 31 heavy (non-hydrogen) atoms. The summed E-state index contributed by atoms with van der Waals surface area (Å²) in [6.45, 7) is 0.865. The number of benzene rings is 2. The molecule has 1 aromatic heterocycles. The number of hydrogen-bond acceptors (Lipinski definition) is 4. The highest BCUT2D eigenvalue weighted by Crippen LogP contribution is 2.28. The maximum absolute atomic E-state index is 12.9. The van der Waals surface area contributed by atoms with Crippen molar-refractivity contribution < 1.29 is 14.7 Å². The monoisotopic (exact) mass is 417 g/mol. The molecule has 0 aliphatic carbocycles. The van der Waals surface area contributed by atoms with Crippen LogP contribution in [-0.4, -0.2) is 28.4 Å². The number of phenols is 1. The summed E-state index contributed by atoms with van der Waals surface area (Å²) in [7, 11) is 0. The van der Waals surface area contributed by atoms with Crippen LogP contribution in [0.3, 0.4) is 0 Å². The maximum atomic E-state index is 12.9. The summed E-state index contributed by atoms with van der Waals surface area (Å²) in [5, 5.41) is 13.1. The van der Waals surface area contributed by atoms with E-state index in [4.69, 9.17) is 0 Å². The predicted molar refractivity (Wildman–Crippen MR) is 121 cm³/mol. The van der Waals surface area contributed by atoms with Crippen molar-refractivity contribution in [3.8, 4) is 5.75 Å². The van der Waals surface area contributed by atoms with Crippen LogP contribution in [0.5, 0.6) is 5.75 Å². The van der Waals surface area contributed by atoms with Gasteiger partial charge in [-0.1, -0.05) is 42.8 Å². The fourth-order valence-corrected chi connectivity index (χ4v) is 3.26. The smallest absolute Gasteiger partial charge is 0.251 e. The summed E-state index contributed by atoms with van der Waals surface area (Å²) in [5.41, 5.74) is 1.88. The molecule has 1 heterocycles. The zero-order chi connectivity index (χ0) is 21.9. The van der Waals surface area contributed by atoms with E-state index in [9.17, 15) is 14.7 Å². The fraction of sp³-hybridized carbons (Fsp3) is 0.240. The first-order valence-corrected chi connectivity index (χ1v) is 10.5. The van der Waals surface area contributed by atoms with Gasteiger partial charge in [0.15, 0.2) is 0 Å². The van der Waals surface area contributed by atoms with Gasteiger partial charge in [-0.3, -0.25) is 14.6 Å². The number of hydrogen-bond donors (Lipinski definition) is 2. The highest BCUT2D eigenvalue weighted by atomic mass is 16.3. The number of unbranched alkanes of at least 4 members (excludes halogenated alkanes) is 2. The second-order valence-corrected chi connectivity index (χ2v) is 7.22. The molecule has 2 amide bonds. The highest BCUT2D eigenvalue weighted by molar-refractivity contribution is 5.95. The molecule has 0 unspecified atom stereocenters. The summed E-state index contributed by atoms with van der Waals surface area (Å²) < 4.78 is 0. The second kappa shape index (κ2) is 11.5. The summed E-state index contributed by atoms with van der Waals surface area (Å²) in [5.74, 6) is -0.0892. The van der Waals surface area contributed by atoms with E-state index >= 15 is 0 Å². The Morgan fingerprint density at radius 2 is 1.61 bits per heavy atom. The molecule has 0 saturated carbocycles. The normalized spacial score (nSPS) is 10.5. The van der Waals surface area contributed by atoms with Gasteiger partial charge in [-0.2, -0.15) is 0 Å². The van der Waals surface area contributed by atoms with Crippen molar-refractivity contribution in [3.63, 3.8) is 0 Å². The van der Waals surface area contributed by atoms with Crippen LogP contribution in [0.25, 0.3) is 0 Å². The molecule has 6 heteroatoms. The number of rotatable bonds is 10. The lowest BCUT2D eigenvalue weighted by Gasteiger charge is -2.23. The van der Waals surface area contributed by atoms with E-state index in [0.717, 1.165) is 18.5 Å². The number of amides is 2. The van der Waals surface area contributed by atoms with Gasteiger partial charge in [-0.15, -0.1) is 0 Å². The molecular weight excluding hydrogens is 390 g/mol. The van der Waals surface area contributed by atoms with Crippen molar-refractivity contribution in [2.24, 2.45) is 0 Å². The molecule has 0 bridgehead atoms. The lowest BCUT2D eigenvalue weighted by Crippen LogP contribution is -2.30. The summed E-state index contributed by atoms with van der Waals surface area (Å²) in [6, 6.07) is 21.5. The molecule has 0 saturated heterocycles. The third kappa shape index (κ3) is 6.67. The Balaban J connectivity index is 1.49. The number of carbonyl (C=O) groups excluding carboxylic acids is 2. The molecule has 0 atom stereocenters. The lowest BCUT2D eigenvalue weighted by molar-refractivity contribution is -0.118. The van der Waals surface area contributed by atoms with E-state index in [1.54, 1.807) is 47.5 Å². The van der Waals surface area contributed by atoms with Gasteiger partial charge >= 0.3 is 0 Å². The van der Waals surface area contributed by atoms with E-state index in [1.165, 1.54) is 0 Å². The van der Waals surface area contributed by atoms with Gasteiger partial charge in [0.2, 0.25) is 5.91 Å². The molecule has 0 aliphatic rings. The Kier molecular flexibility index (Phi) is 8.17. The van der Waals surface area contributed by atoms with Crippen LogP contribution >= 0.6 is 0 Å². The number of aromatic hydroxyl groups is 1. The Hall–Kier alpha value is -3.67. The molecule has 3 aromatic rings. The number of aromatic nitrogens is 1. The number of phenolic OH excluding ortho intramolecular Hbond substituents is 1. The van der Waals surface area contributed by atoms with E-state index in [-0.39, 0.29) is 17.6 Å². The van der Waals surface area contributed by atoms with Crippen molar-refractivity contribution in [1.29, 1.82) is 0 Å². The summed E-state index contributed by atoms with van der Waals surface area (Å²) >= 11 is 0. The molecule has 0 fully saturated rings. The molecular formula is C25H27N3O3. The number of para-hydroxylation sites is 2. The van der Waals surface area contributed by atoms with Gasteiger partial charge in [0.25, 0.3) is 5.91 Å². The molecule has 0 aliphatic heterocycles. The fourth-order valence-electron chi connectivity index (χ4n) is 3.26. The van der Waals surface area contributed by atoms with E-state index < -0.39 is 0 Å². The Morgan fingerprint density at radius 1 is 0.871 bits per heavy atom. The van der Waals surface area contributed by atoms with Crippen molar-refractivity contribution in [1.82, 2.24) is 10.3 Å². The maximum Gasteiger partial charge on any atom is 0.251 e. The molecule has 2 aromatic carbocycles. The summed E-state index contributed by atoms with van der Waals surface area (Å²) in [4.78, 5) is 30.9. The standard InChI is InChI=1S/C25H27N3O3/c29-23-15-7-6-14-22(23)28(19-21-13-8-10-17-26-21)24(30)16-5-2-9-18-27-25(31)20-11-3-1-4-12-20/h1,3-4,6-8,10-15,17,29H,2,5,9,16,18-19H2,(H,27,31). The molecule has 3 rings (SSSR count). The van der Waals surface area contributed by atoms with Gasteiger partial charge in [-0.25, -0.2) is 0 Å². The third-order valence-electron chi connectivity index (χ3n) is 4.91. The first kappa shape index (κ1) is 22.0. The van der Waals surface area contributed by atoms with Crippen LogP contribution in [0.2, 0.25) is 0 Å². The van der Waals surface area contributed by atoms with Crippen molar-refractivity contribution in [2.45, 2.75) is 32.2 Å². The molecule has 6 nitrogen and oxygen atoms in total. The zero-order valence-electron chi connectivity index (χ0n) is 17.4. The first-order valence-electron chi connectivity index (χ1n) is 10.5.